The molecule has 2 atom stereocenters. The molecule has 0 radical (unpaired) electrons. The standard InChI is InChI=1S/C10H20O/c1-8-7-9(8)5-4-6-10(2,3)11/h8-9,11H,4-7H2,1-3H3. The van der Waals surface area contributed by atoms with Gasteiger partial charge in [-0.1, -0.05) is 19.8 Å². The van der Waals surface area contributed by atoms with Crippen LogP contribution in [0, 0.1) is 11.8 Å². The molecule has 1 N–H and O–H groups in total. The lowest BCUT2D eigenvalue weighted by Gasteiger charge is -2.16. The van der Waals surface area contributed by atoms with E-state index in [9.17, 15) is 5.11 Å². The number of hydrogen-bond donors (Lipinski definition) is 1. The highest BCUT2D eigenvalue weighted by Gasteiger charge is 2.31. The van der Waals surface area contributed by atoms with Gasteiger partial charge in [-0.25, -0.2) is 0 Å². The molecule has 1 nitrogen and oxygen atoms in total. The van der Waals surface area contributed by atoms with E-state index in [4.69, 9.17) is 0 Å². The Bertz CT molecular complexity index is 123. The fourth-order valence-corrected chi connectivity index (χ4v) is 1.60. The van der Waals surface area contributed by atoms with Gasteiger partial charge >= 0.3 is 0 Å². The first-order valence-corrected chi connectivity index (χ1v) is 4.71. The summed E-state index contributed by atoms with van der Waals surface area (Å²) in [5.41, 5.74) is -0.446. The molecule has 0 saturated heterocycles. The minimum Gasteiger partial charge on any atom is -0.390 e. The van der Waals surface area contributed by atoms with Gasteiger partial charge in [0.25, 0.3) is 0 Å². The molecule has 1 saturated carbocycles. The maximum atomic E-state index is 9.42. The molecule has 0 bridgehead atoms. The van der Waals surface area contributed by atoms with Crippen LogP contribution in [0.25, 0.3) is 0 Å². The molecule has 0 aromatic rings. The Morgan fingerprint density at radius 3 is 2.36 bits per heavy atom. The summed E-state index contributed by atoms with van der Waals surface area (Å²) >= 11 is 0. The third kappa shape index (κ3) is 3.76. The van der Waals surface area contributed by atoms with Crippen LogP contribution in [0.4, 0.5) is 0 Å². The molecule has 0 aromatic carbocycles. The Morgan fingerprint density at radius 1 is 1.45 bits per heavy atom. The van der Waals surface area contributed by atoms with E-state index in [0.717, 1.165) is 18.3 Å². The number of hydrogen-bond acceptors (Lipinski definition) is 1. The van der Waals surface area contributed by atoms with Crippen molar-refractivity contribution in [1.82, 2.24) is 0 Å². The monoisotopic (exact) mass is 156 g/mol. The zero-order valence-corrected chi connectivity index (χ0v) is 7.93. The second-order valence-corrected chi connectivity index (χ2v) is 4.68. The molecule has 66 valence electrons. The average Bonchev–Trinajstić information content (AvgIpc) is 2.43. The van der Waals surface area contributed by atoms with Gasteiger partial charge < -0.3 is 5.11 Å². The van der Waals surface area contributed by atoms with Gasteiger partial charge in [-0.2, -0.15) is 0 Å². The van der Waals surface area contributed by atoms with Crippen LogP contribution in [0.2, 0.25) is 0 Å². The summed E-state index contributed by atoms with van der Waals surface area (Å²) in [6.07, 6.45) is 4.89. The van der Waals surface area contributed by atoms with Gasteiger partial charge in [-0.3, -0.25) is 0 Å². The Labute approximate surface area is 69.8 Å². The SMILES string of the molecule is CC1CC1CCCC(C)(C)O. The molecule has 0 heterocycles. The zero-order valence-electron chi connectivity index (χ0n) is 7.93. The first-order valence-electron chi connectivity index (χ1n) is 4.71. The molecule has 1 rings (SSSR count). The van der Waals surface area contributed by atoms with E-state index in [1.165, 1.54) is 19.3 Å². The first kappa shape index (κ1) is 9.05. The maximum Gasteiger partial charge on any atom is 0.0591 e. The quantitative estimate of drug-likeness (QED) is 0.663. The minimum atomic E-state index is -0.446. The van der Waals surface area contributed by atoms with Crippen molar-refractivity contribution in [3.63, 3.8) is 0 Å². The molecule has 0 amide bonds. The summed E-state index contributed by atoms with van der Waals surface area (Å²) < 4.78 is 0. The first-order chi connectivity index (χ1) is 4.99. The topological polar surface area (TPSA) is 20.2 Å². The fourth-order valence-electron chi connectivity index (χ4n) is 1.60. The molecule has 0 spiro atoms. The van der Waals surface area contributed by atoms with Gasteiger partial charge in [0.1, 0.15) is 0 Å². The van der Waals surface area contributed by atoms with Crippen LogP contribution in [0.3, 0.4) is 0 Å². The van der Waals surface area contributed by atoms with Gasteiger partial charge in [-0.05, 0) is 38.5 Å². The van der Waals surface area contributed by atoms with Crippen molar-refractivity contribution >= 4 is 0 Å². The van der Waals surface area contributed by atoms with Crippen molar-refractivity contribution in [1.29, 1.82) is 0 Å². The molecule has 1 heteroatoms. The summed E-state index contributed by atoms with van der Waals surface area (Å²) in [5.74, 6) is 1.95. The van der Waals surface area contributed by atoms with E-state index >= 15 is 0 Å². The van der Waals surface area contributed by atoms with E-state index in [2.05, 4.69) is 6.92 Å². The second kappa shape index (κ2) is 3.14. The van der Waals surface area contributed by atoms with E-state index in [1.54, 1.807) is 0 Å². The van der Waals surface area contributed by atoms with Crippen LogP contribution in [0.5, 0.6) is 0 Å². The van der Waals surface area contributed by atoms with Crippen LogP contribution < -0.4 is 0 Å². The minimum absolute atomic E-state index is 0.446. The van der Waals surface area contributed by atoms with Gasteiger partial charge in [0.15, 0.2) is 0 Å². The van der Waals surface area contributed by atoms with Crippen LogP contribution in [0.15, 0.2) is 0 Å². The summed E-state index contributed by atoms with van der Waals surface area (Å²) in [6, 6.07) is 0. The predicted molar refractivity (Wildman–Crippen MR) is 47.4 cm³/mol. The van der Waals surface area contributed by atoms with Gasteiger partial charge in [0, 0.05) is 0 Å². The van der Waals surface area contributed by atoms with Crippen molar-refractivity contribution < 1.29 is 5.11 Å². The highest BCUT2D eigenvalue weighted by Crippen LogP contribution is 2.41. The highest BCUT2D eigenvalue weighted by molar-refractivity contribution is 4.82. The molecule has 0 aromatic heterocycles. The second-order valence-electron chi connectivity index (χ2n) is 4.68. The Balaban J connectivity index is 1.97. The van der Waals surface area contributed by atoms with Gasteiger partial charge in [0.2, 0.25) is 0 Å². The Hall–Kier alpha value is -0.0400. The van der Waals surface area contributed by atoms with E-state index in [0.29, 0.717) is 0 Å². The van der Waals surface area contributed by atoms with E-state index in [1.807, 2.05) is 13.8 Å². The summed E-state index contributed by atoms with van der Waals surface area (Å²) in [7, 11) is 0. The van der Waals surface area contributed by atoms with Gasteiger partial charge in [0.05, 0.1) is 5.60 Å². The molecule has 1 fully saturated rings. The van der Waals surface area contributed by atoms with Crippen LogP contribution in [-0.4, -0.2) is 10.7 Å². The molecular weight excluding hydrogens is 136 g/mol. The molecule has 1 aliphatic rings. The van der Waals surface area contributed by atoms with Crippen LogP contribution in [-0.2, 0) is 0 Å². The van der Waals surface area contributed by atoms with Crippen molar-refractivity contribution in [3.8, 4) is 0 Å². The molecule has 11 heavy (non-hydrogen) atoms. The third-order valence-electron chi connectivity index (χ3n) is 2.64. The fraction of sp³-hybridized carbons (Fsp3) is 1.00. The maximum absolute atomic E-state index is 9.42. The molecule has 1 aliphatic carbocycles. The lowest BCUT2D eigenvalue weighted by atomic mass is 10.0. The molecule has 2 unspecified atom stereocenters. The average molecular weight is 156 g/mol. The molecule has 0 aliphatic heterocycles. The van der Waals surface area contributed by atoms with Crippen LogP contribution in [0.1, 0.15) is 46.5 Å². The molecular formula is C10H20O. The summed E-state index contributed by atoms with van der Waals surface area (Å²) in [5, 5.41) is 9.42. The summed E-state index contributed by atoms with van der Waals surface area (Å²) in [6.45, 7) is 6.10. The highest BCUT2D eigenvalue weighted by atomic mass is 16.3. The van der Waals surface area contributed by atoms with E-state index < -0.39 is 5.60 Å². The van der Waals surface area contributed by atoms with Crippen molar-refractivity contribution in [2.45, 2.75) is 52.1 Å². The Kier molecular flexibility index (Phi) is 2.58. The largest absolute Gasteiger partial charge is 0.390 e. The number of rotatable bonds is 4. The van der Waals surface area contributed by atoms with Crippen molar-refractivity contribution in [2.75, 3.05) is 0 Å². The predicted octanol–water partition coefficient (Wildman–Crippen LogP) is 2.58. The normalized spacial score (nSPS) is 30.5. The summed E-state index contributed by atoms with van der Waals surface area (Å²) in [4.78, 5) is 0. The lowest BCUT2D eigenvalue weighted by Crippen LogP contribution is -2.17. The van der Waals surface area contributed by atoms with Crippen molar-refractivity contribution in [2.24, 2.45) is 11.8 Å². The van der Waals surface area contributed by atoms with Crippen LogP contribution >= 0.6 is 0 Å². The van der Waals surface area contributed by atoms with Gasteiger partial charge in [-0.15, -0.1) is 0 Å². The van der Waals surface area contributed by atoms with E-state index in [-0.39, 0.29) is 0 Å². The Morgan fingerprint density at radius 2 is 2.00 bits per heavy atom. The number of aliphatic hydroxyl groups is 1. The lowest BCUT2D eigenvalue weighted by molar-refractivity contribution is 0.0677. The smallest absolute Gasteiger partial charge is 0.0591 e. The van der Waals surface area contributed by atoms with Crippen molar-refractivity contribution in [3.05, 3.63) is 0 Å². The zero-order chi connectivity index (χ0) is 8.48. The third-order valence-corrected chi connectivity index (χ3v) is 2.64.